The van der Waals surface area contributed by atoms with Gasteiger partial charge in [-0.05, 0) is 30.0 Å². The van der Waals surface area contributed by atoms with E-state index in [1.165, 1.54) is 13.2 Å². The van der Waals surface area contributed by atoms with Crippen LogP contribution >= 0.6 is 0 Å². The Hall–Kier alpha value is -1.62. The third kappa shape index (κ3) is 4.44. The maximum atomic E-state index is 13.7. The SMILES string of the molecule is COc1ccc(CN[C@H]2CCN(C(=O)C(C)C)C[C@H]2C)cc1F. The summed E-state index contributed by atoms with van der Waals surface area (Å²) in [6.45, 7) is 8.23. The molecular formula is C18H27FN2O2. The van der Waals surface area contributed by atoms with Crippen LogP contribution in [0.1, 0.15) is 32.8 Å². The number of rotatable bonds is 5. The van der Waals surface area contributed by atoms with E-state index in [2.05, 4.69) is 12.2 Å². The number of benzene rings is 1. The Morgan fingerprint density at radius 3 is 2.78 bits per heavy atom. The van der Waals surface area contributed by atoms with E-state index in [1.807, 2.05) is 24.8 Å². The molecule has 1 aromatic rings. The molecule has 2 rings (SSSR count). The van der Waals surface area contributed by atoms with E-state index in [4.69, 9.17) is 4.74 Å². The van der Waals surface area contributed by atoms with Crippen LogP contribution in [0.3, 0.4) is 0 Å². The summed E-state index contributed by atoms with van der Waals surface area (Å²) < 4.78 is 18.6. The van der Waals surface area contributed by atoms with Crippen molar-refractivity contribution in [2.24, 2.45) is 11.8 Å². The molecule has 5 heteroatoms. The molecule has 1 fully saturated rings. The van der Waals surface area contributed by atoms with Crippen molar-refractivity contribution in [2.75, 3.05) is 20.2 Å². The van der Waals surface area contributed by atoms with Crippen molar-refractivity contribution in [3.05, 3.63) is 29.6 Å². The van der Waals surface area contributed by atoms with Crippen molar-refractivity contribution in [2.45, 2.75) is 39.8 Å². The van der Waals surface area contributed by atoms with Gasteiger partial charge in [-0.2, -0.15) is 0 Å². The first-order valence-electron chi connectivity index (χ1n) is 8.27. The highest BCUT2D eigenvalue weighted by molar-refractivity contribution is 5.78. The highest BCUT2D eigenvalue weighted by Crippen LogP contribution is 2.21. The summed E-state index contributed by atoms with van der Waals surface area (Å²) >= 11 is 0. The summed E-state index contributed by atoms with van der Waals surface area (Å²) in [6, 6.07) is 5.38. The summed E-state index contributed by atoms with van der Waals surface area (Å²) in [5, 5.41) is 3.50. The summed E-state index contributed by atoms with van der Waals surface area (Å²) in [7, 11) is 1.46. The van der Waals surface area contributed by atoms with Crippen LogP contribution in [-0.2, 0) is 11.3 Å². The number of carbonyl (C=O) groups excluding carboxylic acids is 1. The summed E-state index contributed by atoms with van der Waals surface area (Å²) in [4.78, 5) is 14.0. The standard InChI is InChI=1S/C18H27FN2O2/c1-12(2)18(22)21-8-7-16(13(3)11-21)20-10-14-5-6-17(23-4)15(19)9-14/h5-6,9,12-13,16,20H,7-8,10-11H2,1-4H3/t13-,16+/m1/s1. The fourth-order valence-electron chi connectivity index (χ4n) is 3.08. The molecule has 1 amide bonds. The first-order valence-corrected chi connectivity index (χ1v) is 8.27. The number of piperidine rings is 1. The van der Waals surface area contributed by atoms with Gasteiger partial charge >= 0.3 is 0 Å². The van der Waals surface area contributed by atoms with Crippen LogP contribution in [-0.4, -0.2) is 37.0 Å². The number of nitrogens with zero attached hydrogens (tertiary/aromatic N) is 1. The molecular weight excluding hydrogens is 295 g/mol. The molecule has 0 aliphatic carbocycles. The zero-order valence-electron chi connectivity index (χ0n) is 14.4. The Morgan fingerprint density at radius 2 is 2.22 bits per heavy atom. The van der Waals surface area contributed by atoms with Crippen LogP contribution in [0.15, 0.2) is 18.2 Å². The lowest BCUT2D eigenvalue weighted by Gasteiger charge is -2.38. The second-order valence-electron chi connectivity index (χ2n) is 6.66. The van der Waals surface area contributed by atoms with Crippen molar-refractivity contribution in [1.82, 2.24) is 10.2 Å². The van der Waals surface area contributed by atoms with Crippen LogP contribution in [0.25, 0.3) is 0 Å². The highest BCUT2D eigenvalue weighted by Gasteiger charge is 2.29. The highest BCUT2D eigenvalue weighted by atomic mass is 19.1. The van der Waals surface area contributed by atoms with E-state index in [-0.39, 0.29) is 23.4 Å². The molecule has 1 aliphatic rings. The molecule has 1 aromatic carbocycles. The fraction of sp³-hybridized carbons (Fsp3) is 0.611. The Balaban J connectivity index is 1.87. The third-order valence-corrected chi connectivity index (χ3v) is 4.50. The molecule has 0 radical (unpaired) electrons. The molecule has 23 heavy (non-hydrogen) atoms. The number of amides is 1. The predicted molar refractivity (Wildman–Crippen MR) is 88.8 cm³/mol. The summed E-state index contributed by atoms with van der Waals surface area (Å²) in [5.74, 6) is 0.593. The monoisotopic (exact) mass is 322 g/mol. The van der Waals surface area contributed by atoms with Crippen molar-refractivity contribution < 1.29 is 13.9 Å². The topological polar surface area (TPSA) is 41.6 Å². The molecule has 2 atom stereocenters. The van der Waals surface area contributed by atoms with E-state index in [0.29, 0.717) is 18.5 Å². The van der Waals surface area contributed by atoms with Gasteiger partial charge in [0.15, 0.2) is 11.6 Å². The number of methoxy groups -OCH3 is 1. The zero-order valence-corrected chi connectivity index (χ0v) is 14.4. The molecule has 128 valence electrons. The molecule has 0 unspecified atom stereocenters. The molecule has 1 heterocycles. The lowest BCUT2D eigenvalue weighted by atomic mass is 9.93. The minimum atomic E-state index is -0.336. The Bertz CT molecular complexity index is 548. The van der Waals surface area contributed by atoms with E-state index in [0.717, 1.165) is 25.1 Å². The largest absolute Gasteiger partial charge is 0.494 e. The van der Waals surface area contributed by atoms with Gasteiger partial charge in [-0.25, -0.2) is 4.39 Å². The lowest BCUT2D eigenvalue weighted by Crippen LogP contribution is -2.50. The molecule has 0 saturated carbocycles. The summed E-state index contributed by atoms with van der Waals surface area (Å²) in [5.41, 5.74) is 0.899. The maximum absolute atomic E-state index is 13.7. The number of halogens is 1. The van der Waals surface area contributed by atoms with Crippen molar-refractivity contribution >= 4 is 5.91 Å². The van der Waals surface area contributed by atoms with Crippen LogP contribution in [0.5, 0.6) is 5.75 Å². The molecule has 4 nitrogen and oxygen atoms in total. The average Bonchev–Trinajstić information content (AvgIpc) is 2.53. The number of ether oxygens (including phenoxy) is 1. The first kappa shape index (κ1) is 17.7. The quantitative estimate of drug-likeness (QED) is 0.906. The Morgan fingerprint density at radius 1 is 1.48 bits per heavy atom. The van der Waals surface area contributed by atoms with Crippen molar-refractivity contribution in [3.8, 4) is 5.75 Å². The van der Waals surface area contributed by atoms with Crippen molar-refractivity contribution in [3.63, 3.8) is 0 Å². The van der Waals surface area contributed by atoms with Crippen LogP contribution < -0.4 is 10.1 Å². The zero-order chi connectivity index (χ0) is 17.0. The van der Waals surface area contributed by atoms with Gasteiger partial charge in [0, 0.05) is 31.6 Å². The number of likely N-dealkylation sites (tertiary alicyclic amines) is 1. The number of nitrogens with one attached hydrogen (secondary N) is 1. The summed E-state index contributed by atoms with van der Waals surface area (Å²) in [6.07, 6.45) is 0.929. The smallest absolute Gasteiger partial charge is 0.225 e. The number of hydrogen-bond donors (Lipinski definition) is 1. The number of hydrogen-bond acceptors (Lipinski definition) is 3. The Kier molecular flexibility index (Phi) is 5.99. The molecule has 1 aliphatic heterocycles. The molecule has 0 spiro atoms. The van der Waals surface area contributed by atoms with Gasteiger partial charge in [-0.1, -0.05) is 26.8 Å². The van der Waals surface area contributed by atoms with E-state index in [9.17, 15) is 9.18 Å². The van der Waals surface area contributed by atoms with Gasteiger partial charge in [-0.15, -0.1) is 0 Å². The normalized spacial score (nSPS) is 21.6. The van der Waals surface area contributed by atoms with E-state index < -0.39 is 0 Å². The second kappa shape index (κ2) is 7.77. The lowest BCUT2D eigenvalue weighted by molar-refractivity contribution is -0.136. The molecule has 0 aromatic heterocycles. The van der Waals surface area contributed by atoms with Gasteiger partial charge < -0.3 is 15.0 Å². The number of carbonyl (C=O) groups is 1. The van der Waals surface area contributed by atoms with Crippen molar-refractivity contribution in [1.29, 1.82) is 0 Å². The Labute approximate surface area is 138 Å². The molecule has 1 saturated heterocycles. The van der Waals surface area contributed by atoms with Gasteiger partial charge in [-0.3, -0.25) is 4.79 Å². The van der Waals surface area contributed by atoms with Crippen LogP contribution in [0.2, 0.25) is 0 Å². The maximum Gasteiger partial charge on any atom is 0.225 e. The predicted octanol–water partition coefficient (Wildman–Crippen LogP) is 2.82. The van der Waals surface area contributed by atoms with Gasteiger partial charge in [0.1, 0.15) is 0 Å². The molecule has 1 N–H and O–H groups in total. The fourth-order valence-corrected chi connectivity index (χ4v) is 3.08. The average molecular weight is 322 g/mol. The van der Waals surface area contributed by atoms with Gasteiger partial charge in [0.25, 0.3) is 0 Å². The first-order chi connectivity index (χ1) is 10.9. The second-order valence-corrected chi connectivity index (χ2v) is 6.66. The third-order valence-electron chi connectivity index (χ3n) is 4.50. The minimum Gasteiger partial charge on any atom is -0.494 e. The van der Waals surface area contributed by atoms with Crippen LogP contribution in [0.4, 0.5) is 4.39 Å². The van der Waals surface area contributed by atoms with Crippen LogP contribution in [0, 0.1) is 17.7 Å². The van der Waals surface area contributed by atoms with E-state index >= 15 is 0 Å². The van der Waals surface area contributed by atoms with E-state index in [1.54, 1.807) is 6.07 Å². The van der Waals surface area contributed by atoms with Gasteiger partial charge in [0.05, 0.1) is 7.11 Å². The molecule has 0 bridgehead atoms. The minimum absolute atomic E-state index is 0.0500. The van der Waals surface area contributed by atoms with Gasteiger partial charge in [0.2, 0.25) is 5.91 Å².